The Hall–Kier alpha value is -1.54. The summed E-state index contributed by atoms with van der Waals surface area (Å²) in [4.78, 5) is 4.05. The molecule has 18 heavy (non-hydrogen) atoms. The first kappa shape index (κ1) is 12.9. The van der Waals surface area contributed by atoms with E-state index in [1.165, 1.54) is 5.56 Å². The fourth-order valence-corrected chi connectivity index (χ4v) is 2.20. The molecule has 0 N–H and O–H groups in total. The SMILES string of the molecule is COc1cc(Cl)cc(C(C)(C)c2ccncc2)c1. The van der Waals surface area contributed by atoms with Crippen LogP contribution in [-0.2, 0) is 5.41 Å². The van der Waals surface area contributed by atoms with Gasteiger partial charge in [0.15, 0.2) is 0 Å². The Morgan fingerprint density at radius 3 is 2.33 bits per heavy atom. The molecule has 0 spiro atoms. The number of hydrogen-bond donors (Lipinski definition) is 0. The number of ether oxygens (including phenoxy) is 1. The van der Waals surface area contributed by atoms with Gasteiger partial charge >= 0.3 is 0 Å². The quantitative estimate of drug-likeness (QED) is 0.831. The topological polar surface area (TPSA) is 22.1 Å². The number of rotatable bonds is 3. The minimum Gasteiger partial charge on any atom is -0.497 e. The van der Waals surface area contributed by atoms with Crippen LogP contribution in [0.2, 0.25) is 5.02 Å². The van der Waals surface area contributed by atoms with Gasteiger partial charge in [-0.05, 0) is 41.5 Å². The Kier molecular flexibility index (Phi) is 3.58. The fourth-order valence-electron chi connectivity index (χ4n) is 1.98. The molecule has 1 heterocycles. The van der Waals surface area contributed by atoms with Crippen molar-refractivity contribution < 1.29 is 4.74 Å². The summed E-state index contributed by atoms with van der Waals surface area (Å²) in [7, 11) is 1.65. The number of methoxy groups -OCH3 is 1. The molecule has 0 radical (unpaired) electrons. The molecule has 0 aliphatic carbocycles. The number of aromatic nitrogens is 1. The van der Waals surface area contributed by atoms with Crippen LogP contribution in [0, 0.1) is 0 Å². The van der Waals surface area contributed by atoms with Gasteiger partial charge in [-0.2, -0.15) is 0 Å². The standard InChI is InChI=1S/C15H16ClNO/c1-15(2,11-4-6-17-7-5-11)12-8-13(16)10-14(9-12)18-3/h4-10H,1-3H3. The average Bonchev–Trinajstić information content (AvgIpc) is 2.39. The van der Waals surface area contributed by atoms with Crippen molar-refractivity contribution in [1.82, 2.24) is 4.98 Å². The summed E-state index contributed by atoms with van der Waals surface area (Å²) in [6.07, 6.45) is 3.61. The molecule has 0 fully saturated rings. The second-order valence-corrected chi connectivity index (χ2v) is 5.18. The zero-order valence-electron chi connectivity index (χ0n) is 10.8. The molecule has 2 rings (SSSR count). The van der Waals surface area contributed by atoms with Gasteiger partial charge in [0.25, 0.3) is 0 Å². The number of nitrogens with zero attached hydrogens (tertiary/aromatic N) is 1. The van der Waals surface area contributed by atoms with E-state index in [9.17, 15) is 0 Å². The molecule has 1 aromatic carbocycles. The zero-order chi connectivity index (χ0) is 13.2. The van der Waals surface area contributed by atoms with Crippen molar-refractivity contribution >= 4 is 11.6 Å². The number of benzene rings is 1. The molecular formula is C15H16ClNO. The molecule has 0 saturated carbocycles. The largest absolute Gasteiger partial charge is 0.497 e. The van der Waals surface area contributed by atoms with Gasteiger partial charge in [0.2, 0.25) is 0 Å². The Morgan fingerprint density at radius 2 is 1.72 bits per heavy atom. The first-order valence-electron chi connectivity index (χ1n) is 5.79. The molecule has 0 aliphatic rings. The molecule has 0 saturated heterocycles. The minimum absolute atomic E-state index is 0.138. The van der Waals surface area contributed by atoms with Gasteiger partial charge in [0.1, 0.15) is 5.75 Å². The van der Waals surface area contributed by atoms with Gasteiger partial charge < -0.3 is 4.74 Å². The summed E-state index contributed by atoms with van der Waals surface area (Å²) in [5.41, 5.74) is 2.18. The molecule has 94 valence electrons. The maximum Gasteiger partial charge on any atom is 0.120 e. The van der Waals surface area contributed by atoms with E-state index in [-0.39, 0.29) is 5.41 Å². The third-order valence-corrected chi connectivity index (χ3v) is 3.45. The summed E-state index contributed by atoms with van der Waals surface area (Å²) < 4.78 is 5.27. The van der Waals surface area contributed by atoms with E-state index in [4.69, 9.17) is 16.3 Å². The highest BCUT2D eigenvalue weighted by molar-refractivity contribution is 6.30. The molecule has 0 atom stereocenters. The predicted octanol–water partition coefficient (Wildman–Crippen LogP) is 4.07. The van der Waals surface area contributed by atoms with Gasteiger partial charge in [-0.25, -0.2) is 0 Å². The van der Waals surface area contributed by atoms with E-state index in [1.54, 1.807) is 19.5 Å². The van der Waals surface area contributed by atoms with Gasteiger partial charge in [-0.3, -0.25) is 4.98 Å². The second kappa shape index (κ2) is 4.99. The third-order valence-electron chi connectivity index (χ3n) is 3.23. The second-order valence-electron chi connectivity index (χ2n) is 4.74. The van der Waals surface area contributed by atoms with Crippen molar-refractivity contribution in [2.24, 2.45) is 0 Å². The van der Waals surface area contributed by atoms with E-state index in [1.807, 2.05) is 30.3 Å². The maximum atomic E-state index is 6.13. The molecular weight excluding hydrogens is 246 g/mol. The van der Waals surface area contributed by atoms with Gasteiger partial charge in [0, 0.05) is 22.8 Å². The Bertz CT molecular complexity index is 537. The van der Waals surface area contributed by atoms with Crippen LogP contribution in [0.4, 0.5) is 0 Å². The molecule has 2 aromatic rings. The van der Waals surface area contributed by atoms with E-state index >= 15 is 0 Å². The van der Waals surface area contributed by atoms with E-state index < -0.39 is 0 Å². The summed E-state index contributed by atoms with van der Waals surface area (Å²) >= 11 is 6.13. The molecule has 1 aromatic heterocycles. The van der Waals surface area contributed by atoms with Crippen molar-refractivity contribution in [1.29, 1.82) is 0 Å². The normalized spacial score (nSPS) is 11.3. The van der Waals surface area contributed by atoms with Crippen molar-refractivity contribution in [3.05, 3.63) is 58.9 Å². The van der Waals surface area contributed by atoms with Gasteiger partial charge in [-0.1, -0.05) is 25.4 Å². The van der Waals surface area contributed by atoms with Gasteiger partial charge in [-0.15, -0.1) is 0 Å². The van der Waals surface area contributed by atoms with Crippen molar-refractivity contribution in [2.75, 3.05) is 7.11 Å². The third kappa shape index (κ3) is 2.49. The van der Waals surface area contributed by atoms with Crippen molar-refractivity contribution in [3.8, 4) is 5.75 Å². The number of halogens is 1. The van der Waals surface area contributed by atoms with Crippen LogP contribution in [-0.4, -0.2) is 12.1 Å². The first-order valence-corrected chi connectivity index (χ1v) is 6.17. The van der Waals surface area contributed by atoms with E-state index in [0.29, 0.717) is 5.02 Å². The fraction of sp³-hybridized carbons (Fsp3) is 0.267. The first-order chi connectivity index (χ1) is 8.54. The molecule has 0 amide bonds. The van der Waals surface area contributed by atoms with Crippen LogP contribution in [0.5, 0.6) is 5.75 Å². The zero-order valence-corrected chi connectivity index (χ0v) is 11.5. The van der Waals surface area contributed by atoms with Crippen molar-refractivity contribution in [3.63, 3.8) is 0 Å². The number of hydrogen-bond acceptors (Lipinski definition) is 2. The Morgan fingerprint density at radius 1 is 1.06 bits per heavy atom. The highest BCUT2D eigenvalue weighted by Gasteiger charge is 2.24. The summed E-state index contributed by atoms with van der Waals surface area (Å²) in [6.45, 7) is 4.32. The van der Waals surface area contributed by atoms with Crippen LogP contribution >= 0.6 is 11.6 Å². The van der Waals surface area contributed by atoms with Crippen LogP contribution in [0.25, 0.3) is 0 Å². The lowest BCUT2D eigenvalue weighted by Gasteiger charge is -2.26. The summed E-state index contributed by atoms with van der Waals surface area (Å²) in [6, 6.07) is 9.85. The highest BCUT2D eigenvalue weighted by Crippen LogP contribution is 2.34. The van der Waals surface area contributed by atoms with E-state index in [2.05, 4.69) is 18.8 Å². The van der Waals surface area contributed by atoms with Crippen molar-refractivity contribution in [2.45, 2.75) is 19.3 Å². The lowest BCUT2D eigenvalue weighted by atomic mass is 9.78. The molecule has 0 aliphatic heterocycles. The lowest BCUT2D eigenvalue weighted by molar-refractivity contribution is 0.413. The average molecular weight is 262 g/mol. The highest BCUT2D eigenvalue weighted by atomic mass is 35.5. The van der Waals surface area contributed by atoms with E-state index in [0.717, 1.165) is 11.3 Å². The predicted molar refractivity (Wildman–Crippen MR) is 74.4 cm³/mol. The Labute approximate surface area is 113 Å². The monoisotopic (exact) mass is 261 g/mol. The lowest BCUT2D eigenvalue weighted by Crippen LogP contribution is -2.19. The molecule has 2 nitrogen and oxygen atoms in total. The van der Waals surface area contributed by atoms with Crippen LogP contribution in [0.1, 0.15) is 25.0 Å². The Balaban J connectivity index is 2.50. The maximum absolute atomic E-state index is 6.13. The molecule has 0 unspecified atom stereocenters. The molecule has 0 bridgehead atoms. The van der Waals surface area contributed by atoms with Crippen LogP contribution in [0.15, 0.2) is 42.7 Å². The molecule has 3 heteroatoms. The van der Waals surface area contributed by atoms with Crippen LogP contribution < -0.4 is 4.74 Å². The summed E-state index contributed by atoms with van der Waals surface area (Å²) in [5.74, 6) is 0.777. The summed E-state index contributed by atoms with van der Waals surface area (Å²) in [5, 5.41) is 0.687. The van der Waals surface area contributed by atoms with Crippen LogP contribution in [0.3, 0.4) is 0 Å². The smallest absolute Gasteiger partial charge is 0.120 e. The number of pyridine rings is 1. The van der Waals surface area contributed by atoms with Gasteiger partial charge in [0.05, 0.1) is 7.11 Å². The minimum atomic E-state index is -0.138.